The molecule has 0 aromatic heterocycles. The molecule has 0 aromatic carbocycles. The molecule has 0 amide bonds. The van der Waals surface area contributed by atoms with Gasteiger partial charge in [-0.3, -0.25) is 0 Å². The van der Waals surface area contributed by atoms with Crippen molar-refractivity contribution in [2.24, 2.45) is 0 Å². The van der Waals surface area contributed by atoms with E-state index < -0.39 is 10.0 Å². The fraction of sp³-hybridized carbons (Fsp3) is 0.636. The van der Waals surface area contributed by atoms with Crippen LogP contribution in [0.25, 0.3) is 0 Å². The molecule has 1 unspecified atom stereocenters. The zero-order chi connectivity index (χ0) is 9.47. The van der Waals surface area contributed by atoms with Gasteiger partial charge in [-0.2, -0.15) is 0 Å². The summed E-state index contributed by atoms with van der Waals surface area (Å²) < 4.78 is 0. The zero-order valence-electron chi connectivity index (χ0n) is 9.17. The molecule has 0 spiro atoms. The number of nitrogens with one attached hydrogen (secondary N) is 1. The molecule has 2 rings (SSSR count). The lowest BCUT2D eigenvalue weighted by Gasteiger charge is -2.33. The molecule has 1 heterocycles. The summed E-state index contributed by atoms with van der Waals surface area (Å²) in [6.45, 7) is 0. The third-order valence-corrected chi connectivity index (χ3v) is 5.72. The molecule has 1 nitrogen and oxygen atoms in total. The molecule has 2 aliphatic rings. The lowest BCUT2D eigenvalue weighted by molar-refractivity contribution is 0.507. The lowest BCUT2D eigenvalue weighted by atomic mass is 9.95. The van der Waals surface area contributed by atoms with Gasteiger partial charge in [0, 0.05) is 6.04 Å². The molecule has 0 saturated heterocycles. The van der Waals surface area contributed by atoms with Gasteiger partial charge in [0.15, 0.2) is 0 Å². The first kappa shape index (κ1) is 12.2. The molecule has 1 N–H and O–H groups in total. The molecule has 1 atom stereocenters. The lowest BCUT2D eigenvalue weighted by Crippen LogP contribution is -2.28. The van der Waals surface area contributed by atoms with Crippen molar-refractivity contribution in [2.75, 3.05) is 19.6 Å². The Balaban J connectivity index is 0.000000980. The third-order valence-electron chi connectivity index (χ3n) is 3.20. The quantitative estimate of drug-likeness (QED) is 0.734. The summed E-state index contributed by atoms with van der Waals surface area (Å²) in [5.41, 5.74) is 1.64. The monoisotopic (exact) mass is 233 g/mol. The highest BCUT2D eigenvalue weighted by Crippen LogP contribution is 2.59. The number of rotatable bonds is 1. The Morgan fingerprint density at radius 2 is 2.14 bits per heavy atom. The minimum absolute atomic E-state index is 0. The fourth-order valence-corrected chi connectivity index (χ4v) is 4.38. The van der Waals surface area contributed by atoms with Crippen molar-refractivity contribution in [3.8, 4) is 0 Å². The molecule has 0 bridgehead atoms. The van der Waals surface area contributed by atoms with Crippen molar-refractivity contribution in [1.82, 2.24) is 5.32 Å². The maximum Gasteiger partial charge on any atom is 0.0112 e. The normalized spacial score (nSPS) is 30.9. The van der Waals surface area contributed by atoms with Gasteiger partial charge in [0.25, 0.3) is 0 Å². The minimum atomic E-state index is -0.531. The molecule has 0 radical (unpaired) electrons. The Kier molecular flexibility index (Phi) is 3.73. The Labute approximate surface area is 94.8 Å². The van der Waals surface area contributed by atoms with E-state index in [2.05, 4.69) is 36.4 Å². The highest BCUT2D eigenvalue weighted by atomic mass is 35.5. The van der Waals surface area contributed by atoms with Crippen LogP contribution in [0.15, 0.2) is 22.0 Å². The van der Waals surface area contributed by atoms with E-state index in [0.29, 0.717) is 0 Å². The van der Waals surface area contributed by atoms with Crippen LogP contribution in [-0.4, -0.2) is 25.6 Å². The van der Waals surface area contributed by atoms with E-state index >= 15 is 0 Å². The van der Waals surface area contributed by atoms with E-state index in [9.17, 15) is 0 Å². The Bertz CT molecular complexity index is 281. The Hall–Kier alpha value is 0.0800. The number of halogens is 1. The van der Waals surface area contributed by atoms with Crippen LogP contribution < -0.4 is 5.32 Å². The van der Waals surface area contributed by atoms with Crippen LogP contribution in [0, 0.1) is 0 Å². The molecular formula is C11H20ClNS. The van der Waals surface area contributed by atoms with Gasteiger partial charge in [-0.05, 0) is 54.7 Å². The molecule has 0 fully saturated rings. The summed E-state index contributed by atoms with van der Waals surface area (Å²) in [7, 11) is 1.55. The highest BCUT2D eigenvalue weighted by molar-refractivity contribution is 8.38. The van der Waals surface area contributed by atoms with Gasteiger partial charge in [-0.1, -0.05) is 6.08 Å². The SMILES string of the molecule is CNC1CCC2=C(C1)S(C)(C)C=C2.Cl. The van der Waals surface area contributed by atoms with Crippen LogP contribution in [0.4, 0.5) is 0 Å². The molecule has 82 valence electrons. The van der Waals surface area contributed by atoms with Gasteiger partial charge in [0.1, 0.15) is 0 Å². The van der Waals surface area contributed by atoms with Gasteiger partial charge >= 0.3 is 0 Å². The second-order valence-electron chi connectivity index (χ2n) is 4.39. The summed E-state index contributed by atoms with van der Waals surface area (Å²) >= 11 is 0. The highest BCUT2D eigenvalue weighted by Gasteiger charge is 2.28. The van der Waals surface area contributed by atoms with E-state index in [0.717, 1.165) is 6.04 Å². The Morgan fingerprint density at radius 1 is 1.43 bits per heavy atom. The first-order valence-electron chi connectivity index (χ1n) is 4.94. The molecule has 0 aromatic rings. The van der Waals surface area contributed by atoms with Gasteiger partial charge in [-0.15, -0.1) is 12.4 Å². The predicted molar refractivity (Wildman–Crippen MR) is 69.6 cm³/mol. The molecule has 0 saturated carbocycles. The number of hydrogen-bond donors (Lipinski definition) is 1. The van der Waals surface area contributed by atoms with Crippen LogP contribution in [0.1, 0.15) is 19.3 Å². The van der Waals surface area contributed by atoms with E-state index in [1.807, 2.05) is 0 Å². The minimum Gasteiger partial charge on any atom is -0.317 e. The van der Waals surface area contributed by atoms with Crippen molar-refractivity contribution < 1.29 is 0 Å². The average Bonchev–Trinajstić information content (AvgIpc) is 2.42. The van der Waals surface area contributed by atoms with E-state index in [1.165, 1.54) is 19.3 Å². The van der Waals surface area contributed by atoms with E-state index in [-0.39, 0.29) is 12.4 Å². The standard InChI is InChI=1S/C11H19NS.ClH/c1-12-10-5-4-9-6-7-13(2,3)11(9)8-10;/h6-7,10,12H,4-5,8H2,1-3H3;1H. The Morgan fingerprint density at radius 3 is 2.79 bits per heavy atom. The second-order valence-corrected chi connectivity index (χ2v) is 7.96. The van der Waals surface area contributed by atoms with Crippen LogP contribution >= 0.6 is 22.4 Å². The van der Waals surface area contributed by atoms with Gasteiger partial charge in [0.2, 0.25) is 0 Å². The van der Waals surface area contributed by atoms with Crippen LogP contribution in [0.3, 0.4) is 0 Å². The van der Waals surface area contributed by atoms with Crippen molar-refractivity contribution in [2.45, 2.75) is 25.3 Å². The summed E-state index contributed by atoms with van der Waals surface area (Å²) in [6, 6.07) is 0.727. The number of allylic oxidation sites excluding steroid dienone is 2. The summed E-state index contributed by atoms with van der Waals surface area (Å²) in [5, 5.41) is 5.85. The largest absolute Gasteiger partial charge is 0.317 e. The van der Waals surface area contributed by atoms with Crippen molar-refractivity contribution in [1.29, 1.82) is 0 Å². The van der Waals surface area contributed by atoms with Crippen LogP contribution in [0.2, 0.25) is 0 Å². The number of hydrogen-bond acceptors (Lipinski definition) is 1. The van der Waals surface area contributed by atoms with Crippen molar-refractivity contribution >= 4 is 22.4 Å². The van der Waals surface area contributed by atoms with Crippen LogP contribution in [-0.2, 0) is 0 Å². The first-order chi connectivity index (χ1) is 6.13. The van der Waals surface area contributed by atoms with Gasteiger partial charge < -0.3 is 5.32 Å². The summed E-state index contributed by atoms with van der Waals surface area (Å²) in [6.07, 6.45) is 11.1. The second kappa shape index (κ2) is 4.30. The summed E-state index contributed by atoms with van der Waals surface area (Å²) in [4.78, 5) is 1.75. The molecular weight excluding hydrogens is 214 g/mol. The molecule has 3 heteroatoms. The fourth-order valence-electron chi connectivity index (χ4n) is 2.24. The summed E-state index contributed by atoms with van der Waals surface area (Å²) in [5.74, 6) is 0. The van der Waals surface area contributed by atoms with Crippen molar-refractivity contribution in [3.05, 3.63) is 22.0 Å². The van der Waals surface area contributed by atoms with Crippen LogP contribution in [0.5, 0.6) is 0 Å². The third kappa shape index (κ3) is 2.02. The average molecular weight is 234 g/mol. The maximum absolute atomic E-state index is 3.41. The van der Waals surface area contributed by atoms with Gasteiger partial charge in [-0.25, -0.2) is 10.0 Å². The van der Waals surface area contributed by atoms with Crippen molar-refractivity contribution in [3.63, 3.8) is 0 Å². The smallest absolute Gasteiger partial charge is 0.0112 e. The topological polar surface area (TPSA) is 12.0 Å². The molecule has 14 heavy (non-hydrogen) atoms. The molecule has 1 aliphatic carbocycles. The maximum atomic E-state index is 3.41. The van der Waals surface area contributed by atoms with E-state index in [4.69, 9.17) is 0 Å². The molecule has 1 aliphatic heterocycles. The first-order valence-corrected chi connectivity index (χ1v) is 7.45. The zero-order valence-corrected chi connectivity index (χ0v) is 10.8. The van der Waals surface area contributed by atoms with Gasteiger partial charge in [0.05, 0.1) is 0 Å². The van der Waals surface area contributed by atoms with E-state index in [1.54, 1.807) is 10.5 Å². The predicted octanol–water partition coefficient (Wildman–Crippen LogP) is 3.03.